The number of carbonyl (C=O) groups is 1. The second-order valence-corrected chi connectivity index (χ2v) is 4.79. The van der Waals surface area contributed by atoms with Crippen molar-refractivity contribution >= 4 is 5.91 Å². The summed E-state index contributed by atoms with van der Waals surface area (Å²) < 4.78 is 10.4. The van der Waals surface area contributed by atoms with E-state index in [0.717, 1.165) is 25.9 Å². The summed E-state index contributed by atoms with van der Waals surface area (Å²) in [4.78, 5) is 14.1. The lowest BCUT2D eigenvalue weighted by Crippen LogP contribution is -2.49. The summed E-state index contributed by atoms with van der Waals surface area (Å²) in [6.07, 6.45) is 2.04. The number of ether oxygens (including phenoxy) is 2. The molecular weight excluding hydrogens is 248 g/mol. The highest BCUT2D eigenvalue weighted by atomic mass is 16.5. The molecule has 1 unspecified atom stereocenters. The first kappa shape index (κ1) is 16.4. The zero-order valence-corrected chi connectivity index (χ0v) is 11.9. The fraction of sp³-hybridized carbons (Fsp3) is 0.923. The van der Waals surface area contributed by atoms with E-state index < -0.39 is 0 Å². The molecule has 2 N–H and O–H groups in total. The van der Waals surface area contributed by atoms with Crippen LogP contribution in [0.4, 0.5) is 0 Å². The zero-order chi connectivity index (χ0) is 14.1. The minimum absolute atomic E-state index is 0.0479. The molecule has 1 rings (SSSR count). The smallest absolute Gasteiger partial charge is 0.237 e. The molecular formula is C13H26N2O4. The van der Waals surface area contributed by atoms with Crippen molar-refractivity contribution in [1.82, 2.24) is 10.2 Å². The molecule has 1 heterocycles. The second kappa shape index (κ2) is 9.25. The van der Waals surface area contributed by atoms with E-state index >= 15 is 0 Å². The molecule has 1 saturated heterocycles. The van der Waals surface area contributed by atoms with Gasteiger partial charge in [-0.15, -0.1) is 0 Å². The number of hydrogen-bond acceptors (Lipinski definition) is 5. The van der Waals surface area contributed by atoms with Crippen molar-refractivity contribution in [3.05, 3.63) is 0 Å². The molecule has 1 atom stereocenters. The summed E-state index contributed by atoms with van der Waals surface area (Å²) in [5.74, 6) is 0.0479. The fourth-order valence-corrected chi connectivity index (χ4v) is 2.24. The van der Waals surface area contributed by atoms with Crippen molar-refractivity contribution in [2.45, 2.75) is 31.9 Å². The standard InChI is InChI=1S/C13H26N2O4/c1-11(13(17)14-5-9-18-2)15-6-3-12(4-7-15)19-10-8-16/h11-12,16H,3-10H2,1-2H3,(H,14,17). The maximum atomic E-state index is 11.9. The van der Waals surface area contributed by atoms with Crippen molar-refractivity contribution in [3.63, 3.8) is 0 Å². The molecule has 0 spiro atoms. The van der Waals surface area contributed by atoms with E-state index in [0.29, 0.717) is 19.8 Å². The van der Waals surface area contributed by atoms with Crippen LogP contribution in [-0.2, 0) is 14.3 Å². The third-order valence-corrected chi connectivity index (χ3v) is 3.45. The first-order chi connectivity index (χ1) is 9.19. The maximum Gasteiger partial charge on any atom is 0.237 e. The summed E-state index contributed by atoms with van der Waals surface area (Å²) in [7, 11) is 1.62. The molecule has 1 amide bonds. The van der Waals surface area contributed by atoms with Gasteiger partial charge in [-0.05, 0) is 19.8 Å². The molecule has 0 aromatic rings. The number of aliphatic hydroxyl groups excluding tert-OH is 1. The number of amides is 1. The molecule has 0 aromatic heterocycles. The molecule has 6 heteroatoms. The molecule has 0 aromatic carbocycles. The van der Waals surface area contributed by atoms with Gasteiger partial charge in [-0.25, -0.2) is 0 Å². The number of likely N-dealkylation sites (tertiary alicyclic amines) is 1. The van der Waals surface area contributed by atoms with Crippen LogP contribution in [0.25, 0.3) is 0 Å². The van der Waals surface area contributed by atoms with E-state index in [9.17, 15) is 4.79 Å². The van der Waals surface area contributed by atoms with Crippen LogP contribution in [0.1, 0.15) is 19.8 Å². The third kappa shape index (κ3) is 5.86. The summed E-state index contributed by atoms with van der Waals surface area (Å²) in [5, 5.41) is 11.6. The number of hydrogen-bond donors (Lipinski definition) is 2. The van der Waals surface area contributed by atoms with E-state index in [1.807, 2.05) is 6.92 Å². The first-order valence-electron chi connectivity index (χ1n) is 6.92. The van der Waals surface area contributed by atoms with Gasteiger partial charge in [0.2, 0.25) is 5.91 Å². The molecule has 0 saturated carbocycles. The average molecular weight is 274 g/mol. The van der Waals surface area contributed by atoms with Crippen LogP contribution < -0.4 is 5.32 Å². The normalized spacial score (nSPS) is 19.3. The summed E-state index contributed by atoms with van der Waals surface area (Å²) in [6.45, 7) is 5.20. The minimum Gasteiger partial charge on any atom is -0.394 e. The van der Waals surface area contributed by atoms with Gasteiger partial charge >= 0.3 is 0 Å². The van der Waals surface area contributed by atoms with Gasteiger partial charge in [0.05, 0.1) is 32.0 Å². The van der Waals surface area contributed by atoms with E-state index in [-0.39, 0.29) is 24.7 Å². The number of piperidine rings is 1. The van der Waals surface area contributed by atoms with Crippen LogP contribution in [0.5, 0.6) is 0 Å². The highest BCUT2D eigenvalue weighted by Gasteiger charge is 2.26. The summed E-state index contributed by atoms with van der Waals surface area (Å²) in [6, 6.07) is -0.115. The first-order valence-corrected chi connectivity index (χ1v) is 6.92. The maximum absolute atomic E-state index is 11.9. The number of aliphatic hydroxyl groups is 1. The number of rotatable bonds is 8. The molecule has 19 heavy (non-hydrogen) atoms. The molecule has 1 fully saturated rings. The predicted molar refractivity (Wildman–Crippen MR) is 72.0 cm³/mol. The minimum atomic E-state index is -0.115. The molecule has 0 bridgehead atoms. The van der Waals surface area contributed by atoms with Crippen molar-refractivity contribution in [1.29, 1.82) is 0 Å². The van der Waals surface area contributed by atoms with E-state index in [1.165, 1.54) is 0 Å². The lowest BCUT2D eigenvalue weighted by Gasteiger charge is -2.35. The number of methoxy groups -OCH3 is 1. The Kier molecular flexibility index (Phi) is 7.97. The molecule has 1 aliphatic heterocycles. The van der Waals surface area contributed by atoms with E-state index in [1.54, 1.807) is 7.11 Å². The molecule has 1 aliphatic rings. The van der Waals surface area contributed by atoms with Crippen molar-refractivity contribution < 1.29 is 19.4 Å². The van der Waals surface area contributed by atoms with Gasteiger partial charge in [-0.3, -0.25) is 9.69 Å². The van der Waals surface area contributed by atoms with Gasteiger partial charge in [0.25, 0.3) is 0 Å². The quantitative estimate of drug-likeness (QED) is 0.590. The topological polar surface area (TPSA) is 71.0 Å². The van der Waals surface area contributed by atoms with Crippen LogP contribution in [0.2, 0.25) is 0 Å². The Bertz CT molecular complexity index is 255. The van der Waals surface area contributed by atoms with Gasteiger partial charge in [0, 0.05) is 26.7 Å². The Hall–Kier alpha value is -0.690. The van der Waals surface area contributed by atoms with E-state index in [4.69, 9.17) is 14.6 Å². The Morgan fingerprint density at radius 1 is 1.42 bits per heavy atom. The van der Waals surface area contributed by atoms with Gasteiger partial charge in [-0.2, -0.15) is 0 Å². The highest BCUT2D eigenvalue weighted by Crippen LogP contribution is 2.15. The van der Waals surface area contributed by atoms with Gasteiger partial charge < -0.3 is 19.9 Å². The van der Waals surface area contributed by atoms with Crippen LogP contribution >= 0.6 is 0 Å². The zero-order valence-electron chi connectivity index (χ0n) is 11.9. The van der Waals surface area contributed by atoms with Crippen LogP contribution in [-0.4, -0.2) is 74.6 Å². The van der Waals surface area contributed by atoms with Gasteiger partial charge in [0.15, 0.2) is 0 Å². The van der Waals surface area contributed by atoms with Crippen LogP contribution in [0.15, 0.2) is 0 Å². The lowest BCUT2D eigenvalue weighted by molar-refractivity contribution is -0.127. The van der Waals surface area contributed by atoms with Crippen molar-refractivity contribution in [2.24, 2.45) is 0 Å². The van der Waals surface area contributed by atoms with Gasteiger partial charge in [-0.1, -0.05) is 0 Å². The SMILES string of the molecule is COCCNC(=O)C(C)N1CCC(OCCO)CC1. The molecule has 112 valence electrons. The lowest BCUT2D eigenvalue weighted by atomic mass is 10.1. The number of nitrogens with one attached hydrogen (secondary N) is 1. The van der Waals surface area contributed by atoms with Crippen molar-refractivity contribution in [3.8, 4) is 0 Å². The monoisotopic (exact) mass is 274 g/mol. The third-order valence-electron chi connectivity index (χ3n) is 3.45. The predicted octanol–water partition coefficient (Wildman–Crippen LogP) is -0.389. The Balaban J connectivity index is 2.23. The Morgan fingerprint density at radius 3 is 2.68 bits per heavy atom. The van der Waals surface area contributed by atoms with Gasteiger partial charge in [0.1, 0.15) is 0 Å². The number of nitrogens with zero attached hydrogens (tertiary/aromatic N) is 1. The Morgan fingerprint density at radius 2 is 2.11 bits per heavy atom. The molecule has 0 aliphatic carbocycles. The van der Waals surface area contributed by atoms with Crippen molar-refractivity contribution in [2.75, 3.05) is 46.6 Å². The number of carbonyl (C=O) groups excluding carboxylic acids is 1. The van der Waals surface area contributed by atoms with Crippen LogP contribution in [0.3, 0.4) is 0 Å². The highest BCUT2D eigenvalue weighted by molar-refractivity contribution is 5.81. The average Bonchev–Trinajstić information content (AvgIpc) is 2.45. The fourth-order valence-electron chi connectivity index (χ4n) is 2.24. The van der Waals surface area contributed by atoms with Crippen LogP contribution in [0, 0.1) is 0 Å². The largest absolute Gasteiger partial charge is 0.394 e. The second-order valence-electron chi connectivity index (χ2n) is 4.79. The summed E-state index contributed by atoms with van der Waals surface area (Å²) in [5.41, 5.74) is 0. The van der Waals surface area contributed by atoms with E-state index in [2.05, 4.69) is 10.2 Å². The molecule has 6 nitrogen and oxygen atoms in total. The summed E-state index contributed by atoms with van der Waals surface area (Å²) >= 11 is 0. The Labute approximate surface area is 115 Å². The molecule has 0 radical (unpaired) electrons.